The zero-order valence-electron chi connectivity index (χ0n) is 18.9. The third kappa shape index (κ3) is 3.70. The van der Waals surface area contributed by atoms with Crippen LogP contribution in [0.2, 0.25) is 0 Å². The van der Waals surface area contributed by atoms with Crippen LogP contribution in [0.25, 0.3) is 22.4 Å². The van der Waals surface area contributed by atoms with Gasteiger partial charge < -0.3 is 10.3 Å². The van der Waals surface area contributed by atoms with Gasteiger partial charge in [0.1, 0.15) is 29.3 Å². The minimum absolute atomic E-state index is 0.151. The first-order chi connectivity index (χ1) is 14.4. The van der Waals surface area contributed by atoms with Gasteiger partial charge in [0.15, 0.2) is 5.65 Å². The maximum atomic E-state index is 6.30. The number of hydrogen-bond donors (Lipinski definition) is 1. The van der Waals surface area contributed by atoms with Crippen molar-refractivity contribution in [2.45, 2.75) is 91.0 Å². The van der Waals surface area contributed by atoms with E-state index in [1.165, 1.54) is 37.6 Å². The highest BCUT2D eigenvalue weighted by Crippen LogP contribution is 2.43. The van der Waals surface area contributed by atoms with E-state index in [2.05, 4.69) is 49.7 Å². The van der Waals surface area contributed by atoms with Crippen molar-refractivity contribution < 1.29 is 4.52 Å². The van der Waals surface area contributed by atoms with Crippen LogP contribution in [0, 0.1) is 5.92 Å². The van der Waals surface area contributed by atoms with Gasteiger partial charge in [0, 0.05) is 17.5 Å². The molecule has 30 heavy (non-hydrogen) atoms. The fourth-order valence-corrected chi connectivity index (χ4v) is 4.82. The van der Waals surface area contributed by atoms with Crippen LogP contribution in [-0.2, 0) is 0 Å². The van der Waals surface area contributed by atoms with Gasteiger partial charge in [-0.1, -0.05) is 51.6 Å². The van der Waals surface area contributed by atoms with E-state index in [4.69, 9.17) is 15.4 Å². The second kappa shape index (κ2) is 8.36. The second-order valence-electron chi connectivity index (χ2n) is 9.47. The SMILES string of the molecule is CC1CCCC(c2c(-c3nn(C(C)C)c4ncnc(N)c34)noc2C(C)C)CCC1. The lowest BCUT2D eigenvalue weighted by Gasteiger charge is -2.23. The quantitative estimate of drug-likeness (QED) is 0.580. The van der Waals surface area contributed by atoms with Gasteiger partial charge in [-0.2, -0.15) is 5.10 Å². The maximum absolute atomic E-state index is 6.30. The molecule has 0 spiro atoms. The molecule has 0 amide bonds. The van der Waals surface area contributed by atoms with Gasteiger partial charge in [0.2, 0.25) is 0 Å². The predicted octanol–water partition coefficient (Wildman–Crippen LogP) is 5.84. The minimum atomic E-state index is 0.151. The Morgan fingerprint density at radius 3 is 2.37 bits per heavy atom. The van der Waals surface area contributed by atoms with E-state index in [1.807, 2.05) is 4.68 Å². The van der Waals surface area contributed by atoms with Crippen molar-refractivity contribution in [3.63, 3.8) is 0 Å². The Labute approximate surface area is 178 Å². The zero-order chi connectivity index (χ0) is 21.4. The number of nitrogen functional groups attached to an aromatic ring is 1. The lowest BCUT2D eigenvalue weighted by molar-refractivity contribution is 0.356. The Kier molecular flexibility index (Phi) is 5.80. The fourth-order valence-electron chi connectivity index (χ4n) is 4.82. The molecule has 7 heteroatoms. The summed E-state index contributed by atoms with van der Waals surface area (Å²) in [7, 11) is 0. The highest BCUT2D eigenvalue weighted by atomic mass is 16.5. The van der Waals surface area contributed by atoms with Gasteiger partial charge in [-0.15, -0.1) is 0 Å². The molecule has 7 nitrogen and oxygen atoms in total. The van der Waals surface area contributed by atoms with Gasteiger partial charge in [-0.05, 0) is 38.5 Å². The van der Waals surface area contributed by atoms with Crippen LogP contribution in [0.3, 0.4) is 0 Å². The second-order valence-corrected chi connectivity index (χ2v) is 9.47. The van der Waals surface area contributed by atoms with E-state index < -0.39 is 0 Å². The van der Waals surface area contributed by atoms with Gasteiger partial charge in [-0.25, -0.2) is 14.6 Å². The molecule has 0 unspecified atom stereocenters. The van der Waals surface area contributed by atoms with E-state index in [1.54, 1.807) is 0 Å². The molecule has 4 rings (SSSR count). The topological polar surface area (TPSA) is 95.7 Å². The summed E-state index contributed by atoms with van der Waals surface area (Å²) < 4.78 is 7.85. The van der Waals surface area contributed by atoms with Crippen molar-refractivity contribution in [3.8, 4) is 11.4 Å². The largest absolute Gasteiger partial charge is 0.383 e. The van der Waals surface area contributed by atoms with E-state index in [9.17, 15) is 0 Å². The van der Waals surface area contributed by atoms with Crippen molar-refractivity contribution in [2.24, 2.45) is 5.92 Å². The lowest BCUT2D eigenvalue weighted by Crippen LogP contribution is -2.09. The van der Waals surface area contributed by atoms with E-state index in [0.717, 1.165) is 46.9 Å². The summed E-state index contributed by atoms with van der Waals surface area (Å²) in [6.07, 6.45) is 8.88. The standard InChI is InChI=1S/C23H34N6O/c1-13(2)21-17(16-10-6-8-15(5)9-7-11-16)20(28-30-21)19-18-22(24)25-12-26-23(18)29(27-19)14(3)4/h12-16H,6-11H2,1-5H3,(H2,24,25,26). The van der Waals surface area contributed by atoms with Crippen molar-refractivity contribution >= 4 is 16.9 Å². The van der Waals surface area contributed by atoms with Crippen molar-refractivity contribution in [1.29, 1.82) is 0 Å². The van der Waals surface area contributed by atoms with Crippen LogP contribution in [0.4, 0.5) is 5.82 Å². The monoisotopic (exact) mass is 410 g/mol. The Hall–Kier alpha value is -2.44. The summed E-state index contributed by atoms with van der Waals surface area (Å²) in [5.74, 6) is 2.93. The van der Waals surface area contributed by atoms with E-state index in [-0.39, 0.29) is 12.0 Å². The zero-order valence-corrected chi connectivity index (χ0v) is 18.9. The van der Waals surface area contributed by atoms with Gasteiger partial charge >= 0.3 is 0 Å². The smallest absolute Gasteiger partial charge is 0.164 e. The molecule has 162 valence electrons. The average molecular weight is 411 g/mol. The molecule has 0 aromatic carbocycles. The molecule has 0 bridgehead atoms. The van der Waals surface area contributed by atoms with Crippen molar-refractivity contribution in [2.75, 3.05) is 5.73 Å². The molecule has 0 radical (unpaired) electrons. The van der Waals surface area contributed by atoms with Crippen LogP contribution in [0.15, 0.2) is 10.9 Å². The summed E-state index contributed by atoms with van der Waals surface area (Å²) in [5, 5.41) is 10.2. The first kappa shape index (κ1) is 20.8. The number of nitrogens with two attached hydrogens (primary N) is 1. The summed E-state index contributed by atoms with van der Waals surface area (Å²) in [6.45, 7) is 10.9. The first-order valence-electron chi connectivity index (χ1n) is 11.4. The third-order valence-corrected chi connectivity index (χ3v) is 6.42. The Bertz CT molecular complexity index is 1010. The number of nitrogens with zero attached hydrogens (tertiary/aromatic N) is 5. The minimum Gasteiger partial charge on any atom is -0.383 e. The molecule has 0 atom stereocenters. The lowest BCUT2D eigenvalue weighted by atomic mass is 9.80. The normalized spacial score (nSPS) is 20.8. The molecule has 3 aromatic heterocycles. The first-order valence-corrected chi connectivity index (χ1v) is 11.4. The van der Waals surface area contributed by atoms with Crippen LogP contribution in [0.5, 0.6) is 0 Å². The highest BCUT2D eigenvalue weighted by molar-refractivity contribution is 5.98. The van der Waals surface area contributed by atoms with Crippen molar-refractivity contribution in [1.82, 2.24) is 24.9 Å². The molecule has 0 aliphatic heterocycles. The van der Waals surface area contributed by atoms with Crippen LogP contribution in [-0.4, -0.2) is 24.9 Å². The number of anilines is 1. The van der Waals surface area contributed by atoms with Crippen LogP contribution < -0.4 is 5.73 Å². The Balaban J connectivity index is 1.88. The molecular weight excluding hydrogens is 376 g/mol. The van der Waals surface area contributed by atoms with Crippen LogP contribution >= 0.6 is 0 Å². The molecule has 1 aliphatic rings. The molecule has 1 fully saturated rings. The van der Waals surface area contributed by atoms with Crippen LogP contribution in [0.1, 0.15) is 102 Å². The summed E-state index contributed by atoms with van der Waals surface area (Å²) in [6, 6.07) is 0.151. The predicted molar refractivity (Wildman–Crippen MR) is 119 cm³/mol. The number of fused-ring (bicyclic) bond motifs is 1. The number of aromatic nitrogens is 5. The molecule has 3 heterocycles. The van der Waals surface area contributed by atoms with Gasteiger partial charge in [0.25, 0.3) is 0 Å². The van der Waals surface area contributed by atoms with E-state index >= 15 is 0 Å². The maximum Gasteiger partial charge on any atom is 0.164 e. The molecule has 3 aromatic rings. The highest BCUT2D eigenvalue weighted by Gasteiger charge is 2.31. The fraction of sp³-hybridized carbons (Fsp3) is 0.652. The molecule has 2 N–H and O–H groups in total. The molecule has 1 saturated carbocycles. The van der Waals surface area contributed by atoms with E-state index in [0.29, 0.717) is 11.7 Å². The Morgan fingerprint density at radius 1 is 1.03 bits per heavy atom. The molecule has 0 saturated heterocycles. The molecular formula is C23H34N6O. The van der Waals surface area contributed by atoms with Crippen molar-refractivity contribution in [3.05, 3.63) is 17.7 Å². The number of hydrogen-bond acceptors (Lipinski definition) is 6. The summed E-state index contributed by atoms with van der Waals surface area (Å²) >= 11 is 0. The average Bonchev–Trinajstić information content (AvgIpc) is 3.27. The Morgan fingerprint density at radius 2 is 1.73 bits per heavy atom. The van der Waals surface area contributed by atoms with Gasteiger partial charge in [0.05, 0.1) is 5.39 Å². The third-order valence-electron chi connectivity index (χ3n) is 6.42. The van der Waals surface area contributed by atoms with Gasteiger partial charge in [-0.3, -0.25) is 0 Å². The summed E-state index contributed by atoms with van der Waals surface area (Å²) in [4.78, 5) is 8.72. The summed E-state index contributed by atoms with van der Waals surface area (Å²) in [5.41, 5.74) is 9.84. The number of rotatable bonds is 4. The molecule has 1 aliphatic carbocycles.